The van der Waals surface area contributed by atoms with Crippen molar-refractivity contribution < 1.29 is 26.3 Å². The Morgan fingerprint density at radius 2 is 1.67 bits per heavy atom. The van der Waals surface area contributed by atoms with E-state index in [0.29, 0.717) is 6.33 Å². The van der Waals surface area contributed by atoms with E-state index in [-0.39, 0.29) is 15.6 Å². The van der Waals surface area contributed by atoms with E-state index in [2.05, 4.69) is 4.98 Å². The van der Waals surface area contributed by atoms with Crippen molar-refractivity contribution in [2.24, 2.45) is 0 Å². The number of nitrogens with zero attached hydrogens (tertiary/aromatic N) is 2. The van der Waals surface area contributed by atoms with E-state index in [4.69, 9.17) is 0 Å². The van der Waals surface area contributed by atoms with Gasteiger partial charge < -0.3 is 0 Å². The minimum absolute atomic E-state index is 0.0616. The number of fused-ring (bicyclic) bond motifs is 1. The highest BCUT2D eigenvalue weighted by atomic mass is 19.4. The zero-order chi connectivity index (χ0) is 13.6. The molecule has 0 amide bonds. The van der Waals surface area contributed by atoms with Crippen LogP contribution in [0.15, 0.2) is 30.6 Å². The number of hydrogen-bond donors (Lipinski definition) is 0. The normalized spacial score (nSPS) is 15.0. The fraction of sp³-hybridized carbons (Fsp3) is 0.300. The summed E-state index contributed by atoms with van der Waals surface area (Å²) < 4.78 is 75.8. The van der Waals surface area contributed by atoms with Crippen molar-refractivity contribution in [1.29, 1.82) is 0 Å². The Balaban J connectivity index is 2.53. The molecule has 0 spiro atoms. The first-order valence-electron chi connectivity index (χ1n) is 4.76. The molecule has 0 N–H and O–H groups in total. The summed E-state index contributed by atoms with van der Waals surface area (Å²) in [4.78, 5) is 3.50. The second-order valence-corrected chi connectivity index (χ2v) is 3.60. The Morgan fingerprint density at radius 3 is 2.28 bits per heavy atom. The van der Waals surface area contributed by atoms with Crippen LogP contribution in [-0.2, 0) is 6.05 Å². The van der Waals surface area contributed by atoms with Crippen molar-refractivity contribution in [3.63, 3.8) is 0 Å². The van der Waals surface area contributed by atoms with Crippen LogP contribution < -0.4 is 0 Å². The molecular formula is C10H6F6N2. The van der Waals surface area contributed by atoms with Crippen LogP contribution in [0.3, 0.4) is 0 Å². The molecule has 0 aliphatic carbocycles. The lowest BCUT2D eigenvalue weighted by Gasteiger charge is -2.23. The molecule has 98 valence electrons. The molecule has 0 aliphatic rings. The minimum Gasteiger partial charge on any atom is -0.267 e. The van der Waals surface area contributed by atoms with E-state index >= 15 is 0 Å². The summed E-state index contributed by atoms with van der Waals surface area (Å²) >= 11 is 0. The number of aromatic nitrogens is 2. The highest BCUT2D eigenvalue weighted by molar-refractivity contribution is 5.75. The lowest BCUT2D eigenvalue weighted by Crippen LogP contribution is -2.43. The average Bonchev–Trinajstić information content (AvgIpc) is 2.71. The first-order valence-corrected chi connectivity index (χ1v) is 4.76. The number of halogens is 6. The predicted molar refractivity (Wildman–Crippen MR) is 50.9 cm³/mol. The van der Waals surface area contributed by atoms with Crippen molar-refractivity contribution in [2.45, 2.75) is 18.4 Å². The summed E-state index contributed by atoms with van der Waals surface area (Å²) in [6, 6.07) is 0.558. The van der Waals surface area contributed by atoms with Crippen LogP contribution in [0.1, 0.15) is 0 Å². The predicted octanol–water partition coefficient (Wildman–Crippen LogP) is 3.49. The number of rotatable bonds is 2. The molecule has 8 heteroatoms. The molecule has 0 aliphatic heterocycles. The molecule has 2 aromatic rings. The molecule has 0 bridgehead atoms. The monoisotopic (exact) mass is 268 g/mol. The summed E-state index contributed by atoms with van der Waals surface area (Å²) in [5.74, 6) is 0. The maximum absolute atomic E-state index is 13.4. The Morgan fingerprint density at radius 1 is 1.06 bits per heavy atom. The van der Waals surface area contributed by atoms with Crippen molar-refractivity contribution in [3.05, 3.63) is 30.6 Å². The Hall–Kier alpha value is -1.73. The van der Waals surface area contributed by atoms with E-state index in [1.54, 1.807) is 0 Å². The molecule has 2 rings (SSSR count). The molecule has 18 heavy (non-hydrogen) atoms. The van der Waals surface area contributed by atoms with Gasteiger partial charge in [0.2, 0.25) is 0 Å². The zero-order valence-corrected chi connectivity index (χ0v) is 8.63. The van der Waals surface area contributed by atoms with E-state index in [0.717, 1.165) is 6.07 Å². The highest BCUT2D eigenvalue weighted by Crippen LogP contribution is 2.39. The topological polar surface area (TPSA) is 17.8 Å². The summed E-state index contributed by atoms with van der Waals surface area (Å²) in [6.07, 6.45) is -9.44. The molecular weight excluding hydrogens is 262 g/mol. The summed E-state index contributed by atoms with van der Waals surface area (Å²) in [5, 5.41) is 0. The van der Waals surface area contributed by atoms with E-state index in [1.165, 1.54) is 18.2 Å². The van der Waals surface area contributed by atoms with Gasteiger partial charge in [-0.25, -0.2) is 9.37 Å². The van der Waals surface area contributed by atoms with Gasteiger partial charge in [-0.1, -0.05) is 12.1 Å². The fourth-order valence-electron chi connectivity index (χ4n) is 1.52. The van der Waals surface area contributed by atoms with Gasteiger partial charge >= 0.3 is 12.2 Å². The summed E-state index contributed by atoms with van der Waals surface area (Å²) in [5.41, 5.74) is -0.207. The first kappa shape index (κ1) is 12.7. The molecule has 0 radical (unpaired) electrons. The van der Waals surface area contributed by atoms with E-state index in [1.807, 2.05) is 0 Å². The lowest BCUT2D eigenvalue weighted by atomic mass is 10.2. The van der Waals surface area contributed by atoms with Crippen molar-refractivity contribution in [3.8, 4) is 0 Å². The number of hydrogen-bond acceptors (Lipinski definition) is 1. The molecule has 1 heterocycles. The SMILES string of the molecule is FC(C(F)(F)F)C(F)(F)n1cnc2ccccc21. The van der Waals surface area contributed by atoms with E-state index in [9.17, 15) is 26.3 Å². The molecule has 2 nitrogen and oxygen atoms in total. The number of alkyl halides is 6. The van der Waals surface area contributed by atoms with Crippen molar-refractivity contribution in [1.82, 2.24) is 9.55 Å². The quantitative estimate of drug-likeness (QED) is 0.762. The third-order valence-electron chi connectivity index (χ3n) is 2.37. The van der Waals surface area contributed by atoms with Gasteiger partial charge in [0, 0.05) is 0 Å². The van der Waals surface area contributed by atoms with Crippen LogP contribution >= 0.6 is 0 Å². The van der Waals surface area contributed by atoms with Crippen LogP contribution in [0.4, 0.5) is 26.3 Å². The van der Waals surface area contributed by atoms with Gasteiger partial charge in [0.15, 0.2) is 0 Å². The van der Waals surface area contributed by atoms with Crippen LogP contribution in [-0.4, -0.2) is 21.9 Å². The first-order chi connectivity index (χ1) is 8.24. The van der Waals surface area contributed by atoms with Gasteiger partial charge in [-0.15, -0.1) is 0 Å². The maximum Gasteiger partial charge on any atom is 0.427 e. The Labute approximate surface area is 96.8 Å². The second kappa shape index (κ2) is 3.89. The second-order valence-electron chi connectivity index (χ2n) is 3.60. The number of imidazole rings is 1. The molecule has 0 fully saturated rings. The molecule has 0 saturated heterocycles. The maximum atomic E-state index is 13.4. The standard InChI is InChI=1S/C10H6F6N2/c11-8(9(12,13)14)10(15,16)18-5-17-6-3-1-2-4-7(6)18/h1-5,8H. The molecule has 0 saturated carbocycles. The fourth-order valence-corrected chi connectivity index (χ4v) is 1.52. The van der Waals surface area contributed by atoms with Crippen molar-refractivity contribution in [2.75, 3.05) is 0 Å². The molecule has 1 aromatic heterocycles. The molecule has 1 aromatic carbocycles. The number of benzene rings is 1. The van der Waals surface area contributed by atoms with E-state index < -0.39 is 18.4 Å². The van der Waals surface area contributed by atoms with Gasteiger partial charge in [0.25, 0.3) is 6.17 Å². The van der Waals surface area contributed by atoms with Crippen LogP contribution in [0, 0.1) is 0 Å². The largest absolute Gasteiger partial charge is 0.427 e. The summed E-state index contributed by atoms with van der Waals surface area (Å²) in [6.45, 7) is 0. The smallest absolute Gasteiger partial charge is 0.267 e. The van der Waals surface area contributed by atoms with Gasteiger partial charge in [0.1, 0.15) is 6.33 Å². The lowest BCUT2D eigenvalue weighted by molar-refractivity contribution is -0.271. The van der Waals surface area contributed by atoms with Crippen LogP contribution in [0.25, 0.3) is 11.0 Å². The van der Waals surface area contributed by atoms with Crippen molar-refractivity contribution >= 4 is 11.0 Å². The van der Waals surface area contributed by atoms with Crippen LogP contribution in [0.5, 0.6) is 0 Å². The Bertz CT molecular complexity index is 559. The van der Waals surface area contributed by atoms with Gasteiger partial charge in [-0.2, -0.15) is 22.0 Å². The third-order valence-corrected chi connectivity index (χ3v) is 2.37. The van der Waals surface area contributed by atoms with Gasteiger partial charge in [-0.05, 0) is 12.1 Å². The number of para-hydroxylation sites is 2. The molecule has 1 unspecified atom stereocenters. The Kier molecular flexibility index (Phi) is 2.75. The minimum atomic E-state index is -5.64. The molecule has 1 atom stereocenters. The average molecular weight is 268 g/mol. The third kappa shape index (κ3) is 1.91. The van der Waals surface area contributed by atoms with Gasteiger partial charge in [0.05, 0.1) is 11.0 Å². The zero-order valence-electron chi connectivity index (χ0n) is 8.63. The van der Waals surface area contributed by atoms with Crippen LogP contribution in [0.2, 0.25) is 0 Å². The van der Waals surface area contributed by atoms with Gasteiger partial charge in [-0.3, -0.25) is 4.57 Å². The summed E-state index contributed by atoms with van der Waals surface area (Å²) in [7, 11) is 0. The highest BCUT2D eigenvalue weighted by Gasteiger charge is 2.58.